The standard InChI is InChI=1S/C12H9BrN2/c13-7-10(8-14)12-11-4-2-1-3-9(11)5-6-15-12/h1-6,10H,7H2. The van der Waals surface area contributed by atoms with Gasteiger partial charge in [0.25, 0.3) is 0 Å². The van der Waals surface area contributed by atoms with Gasteiger partial charge in [0.15, 0.2) is 0 Å². The summed E-state index contributed by atoms with van der Waals surface area (Å²) in [7, 11) is 0. The second kappa shape index (κ2) is 4.41. The molecule has 1 unspecified atom stereocenters. The molecular formula is C12H9BrN2. The molecule has 2 nitrogen and oxygen atoms in total. The van der Waals surface area contributed by atoms with Crippen molar-refractivity contribution >= 4 is 26.7 Å². The molecule has 0 radical (unpaired) electrons. The van der Waals surface area contributed by atoms with Gasteiger partial charge in [0.05, 0.1) is 17.7 Å². The van der Waals surface area contributed by atoms with Crippen LogP contribution in [0.2, 0.25) is 0 Å². The van der Waals surface area contributed by atoms with E-state index in [4.69, 9.17) is 5.26 Å². The first-order valence-electron chi connectivity index (χ1n) is 4.66. The first-order chi connectivity index (χ1) is 7.36. The maximum absolute atomic E-state index is 9.02. The van der Waals surface area contributed by atoms with Gasteiger partial charge in [0, 0.05) is 16.9 Å². The second-order valence-corrected chi connectivity index (χ2v) is 3.90. The molecule has 74 valence electrons. The molecular weight excluding hydrogens is 252 g/mol. The quantitative estimate of drug-likeness (QED) is 0.778. The van der Waals surface area contributed by atoms with Gasteiger partial charge in [-0.2, -0.15) is 5.26 Å². The minimum atomic E-state index is -0.184. The molecule has 0 saturated heterocycles. The zero-order chi connectivity index (χ0) is 10.7. The Kier molecular flexibility index (Phi) is 2.98. The topological polar surface area (TPSA) is 36.7 Å². The highest BCUT2D eigenvalue weighted by molar-refractivity contribution is 9.09. The highest BCUT2D eigenvalue weighted by atomic mass is 79.9. The van der Waals surface area contributed by atoms with E-state index in [0.29, 0.717) is 5.33 Å². The Labute approximate surface area is 96.7 Å². The van der Waals surface area contributed by atoms with E-state index >= 15 is 0 Å². The van der Waals surface area contributed by atoms with Crippen LogP contribution in [0.4, 0.5) is 0 Å². The number of aromatic nitrogens is 1. The molecule has 0 aliphatic rings. The lowest BCUT2D eigenvalue weighted by atomic mass is 10.0. The number of rotatable bonds is 2. The molecule has 0 fully saturated rings. The third-order valence-corrected chi connectivity index (χ3v) is 2.99. The summed E-state index contributed by atoms with van der Waals surface area (Å²) < 4.78 is 0. The molecule has 0 spiro atoms. The van der Waals surface area contributed by atoms with Crippen LogP contribution in [0.3, 0.4) is 0 Å². The summed E-state index contributed by atoms with van der Waals surface area (Å²) in [5, 5.41) is 11.8. The number of alkyl halides is 1. The number of hydrogen-bond acceptors (Lipinski definition) is 2. The van der Waals surface area contributed by atoms with Gasteiger partial charge >= 0.3 is 0 Å². The van der Waals surface area contributed by atoms with Gasteiger partial charge in [0.2, 0.25) is 0 Å². The third kappa shape index (κ3) is 1.86. The van der Waals surface area contributed by atoms with Gasteiger partial charge in [0.1, 0.15) is 0 Å². The molecule has 1 aromatic heterocycles. The molecule has 0 aliphatic heterocycles. The van der Waals surface area contributed by atoms with Crippen molar-refractivity contribution in [1.29, 1.82) is 5.26 Å². The number of nitriles is 1. The second-order valence-electron chi connectivity index (χ2n) is 3.25. The lowest BCUT2D eigenvalue weighted by Crippen LogP contribution is -2.00. The molecule has 2 aromatic rings. The first kappa shape index (κ1) is 10.1. The Bertz CT molecular complexity index is 511. The van der Waals surface area contributed by atoms with Gasteiger partial charge in [-0.15, -0.1) is 0 Å². The SMILES string of the molecule is N#CC(CBr)c1nccc2ccccc12. The predicted molar refractivity (Wildman–Crippen MR) is 63.9 cm³/mol. The largest absolute Gasteiger partial charge is 0.259 e. The first-order valence-corrected chi connectivity index (χ1v) is 5.78. The van der Waals surface area contributed by atoms with Crippen LogP contribution in [0.1, 0.15) is 11.6 Å². The van der Waals surface area contributed by atoms with Crippen molar-refractivity contribution in [3.63, 3.8) is 0 Å². The maximum Gasteiger partial charge on any atom is 0.0987 e. The molecule has 0 aliphatic carbocycles. The summed E-state index contributed by atoms with van der Waals surface area (Å²) in [6, 6.07) is 12.2. The van der Waals surface area contributed by atoms with Crippen molar-refractivity contribution in [1.82, 2.24) is 4.98 Å². The summed E-state index contributed by atoms with van der Waals surface area (Å²) in [5.41, 5.74) is 0.854. The van der Waals surface area contributed by atoms with Crippen molar-refractivity contribution in [3.8, 4) is 6.07 Å². The summed E-state index contributed by atoms with van der Waals surface area (Å²) in [5.74, 6) is -0.184. The van der Waals surface area contributed by atoms with E-state index in [2.05, 4.69) is 27.0 Å². The van der Waals surface area contributed by atoms with E-state index in [-0.39, 0.29) is 5.92 Å². The normalized spacial score (nSPS) is 12.3. The molecule has 1 heterocycles. The number of pyridine rings is 1. The fourth-order valence-electron chi connectivity index (χ4n) is 1.59. The monoisotopic (exact) mass is 260 g/mol. The molecule has 0 N–H and O–H groups in total. The van der Waals surface area contributed by atoms with Crippen LogP contribution in [0.15, 0.2) is 36.5 Å². The summed E-state index contributed by atoms with van der Waals surface area (Å²) in [6.45, 7) is 0. The number of fused-ring (bicyclic) bond motifs is 1. The van der Waals surface area contributed by atoms with Gasteiger partial charge in [-0.1, -0.05) is 40.2 Å². The molecule has 1 atom stereocenters. The maximum atomic E-state index is 9.02. The summed E-state index contributed by atoms with van der Waals surface area (Å²) in [4.78, 5) is 4.30. The van der Waals surface area contributed by atoms with Crippen molar-refractivity contribution in [3.05, 3.63) is 42.2 Å². The highest BCUT2D eigenvalue weighted by Gasteiger charge is 2.13. The number of nitrogens with zero attached hydrogens (tertiary/aromatic N) is 2. The van der Waals surface area contributed by atoms with E-state index in [9.17, 15) is 0 Å². The fourth-order valence-corrected chi connectivity index (χ4v) is 2.04. The van der Waals surface area contributed by atoms with Crippen molar-refractivity contribution in [2.45, 2.75) is 5.92 Å². The molecule has 1 aromatic carbocycles. The average molecular weight is 261 g/mol. The van der Waals surface area contributed by atoms with Gasteiger partial charge in [-0.05, 0) is 11.5 Å². The molecule has 2 rings (SSSR count). The van der Waals surface area contributed by atoms with E-state index in [1.165, 1.54) is 0 Å². The van der Waals surface area contributed by atoms with Crippen LogP contribution in [0, 0.1) is 11.3 Å². The fraction of sp³-hybridized carbons (Fsp3) is 0.167. The minimum Gasteiger partial charge on any atom is -0.259 e. The van der Waals surface area contributed by atoms with Crippen LogP contribution in [-0.4, -0.2) is 10.3 Å². The summed E-state index contributed by atoms with van der Waals surface area (Å²) in [6.07, 6.45) is 1.75. The Balaban J connectivity index is 2.66. The Hall–Kier alpha value is -1.40. The number of hydrogen-bond donors (Lipinski definition) is 0. The van der Waals surface area contributed by atoms with Gasteiger partial charge in [-0.3, -0.25) is 4.98 Å². The minimum absolute atomic E-state index is 0.184. The van der Waals surface area contributed by atoms with Crippen LogP contribution in [0.5, 0.6) is 0 Å². The predicted octanol–water partition coefficient (Wildman–Crippen LogP) is 3.24. The molecule has 15 heavy (non-hydrogen) atoms. The molecule has 0 amide bonds. The molecule has 0 saturated carbocycles. The Morgan fingerprint density at radius 1 is 1.33 bits per heavy atom. The molecule has 3 heteroatoms. The average Bonchev–Trinajstić information content (AvgIpc) is 2.31. The van der Waals surface area contributed by atoms with E-state index in [1.54, 1.807) is 6.20 Å². The summed E-state index contributed by atoms with van der Waals surface area (Å²) >= 11 is 3.34. The Morgan fingerprint density at radius 2 is 2.13 bits per heavy atom. The lowest BCUT2D eigenvalue weighted by Gasteiger charge is -2.07. The zero-order valence-electron chi connectivity index (χ0n) is 8.02. The van der Waals surface area contributed by atoms with Crippen LogP contribution < -0.4 is 0 Å². The van der Waals surface area contributed by atoms with Gasteiger partial charge in [-0.25, -0.2) is 0 Å². The van der Waals surface area contributed by atoms with Crippen molar-refractivity contribution in [2.75, 3.05) is 5.33 Å². The van der Waals surface area contributed by atoms with Crippen LogP contribution >= 0.6 is 15.9 Å². The van der Waals surface area contributed by atoms with Crippen molar-refractivity contribution < 1.29 is 0 Å². The van der Waals surface area contributed by atoms with Crippen LogP contribution in [-0.2, 0) is 0 Å². The smallest absolute Gasteiger partial charge is 0.0987 e. The number of benzene rings is 1. The van der Waals surface area contributed by atoms with E-state index < -0.39 is 0 Å². The highest BCUT2D eigenvalue weighted by Crippen LogP contribution is 2.24. The number of halogens is 1. The third-order valence-electron chi connectivity index (χ3n) is 2.34. The zero-order valence-corrected chi connectivity index (χ0v) is 9.61. The van der Waals surface area contributed by atoms with Crippen LogP contribution in [0.25, 0.3) is 10.8 Å². The van der Waals surface area contributed by atoms with E-state index in [0.717, 1.165) is 16.5 Å². The lowest BCUT2D eigenvalue weighted by molar-refractivity contribution is 0.955. The van der Waals surface area contributed by atoms with E-state index in [1.807, 2.05) is 30.3 Å². The van der Waals surface area contributed by atoms with Crippen molar-refractivity contribution in [2.24, 2.45) is 0 Å². The molecule has 0 bridgehead atoms. The van der Waals surface area contributed by atoms with Gasteiger partial charge < -0.3 is 0 Å². The Morgan fingerprint density at radius 3 is 2.87 bits per heavy atom.